The number of ether oxygens (including phenoxy) is 1. The Balaban J connectivity index is 1.64. The molecule has 3 aromatic carbocycles. The van der Waals surface area contributed by atoms with Gasteiger partial charge in [-0.05, 0) is 60.5 Å². The highest BCUT2D eigenvalue weighted by Gasteiger charge is 2.11. The SMILES string of the molecule is COc1ccc(-c2ccc(-c3cc(C)nn3-c3ccc(NC(N)=O)cc3)cc2)cc1. The molecule has 0 aliphatic carbocycles. The first-order valence-electron chi connectivity index (χ1n) is 9.52. The summed E-state index contributed by atoms with van der Waals surface area (Å²) in [6.07, 6.45) is 0. The van der Waals surface area contributed by atoms with E-state index in [4.69, 9.17) is 10.5 Å². The van der Waals surface area contributed by atoms with Crippen molar-refractivity contribution in [2.45, 2.75) is 6.92 Å². The number of nitrogens with one attached hydrogen (secondary N) is 1. The fourth-order valence-electron chi connectivity index (χ4n) is 3.35. The van der Waals surface area contributed by atoms with E-state index in [1.165, 1.54) is 0 Å². The number of rotatable bonds is 5. The molecule has 4 rings (SSSR count). The van der Waals surface area contributed by atoms with Crippen LogP contribution in [0.25, 0.3) is 28.1 Å². The molecule has 4 aromatic rings. The van der Waals surface area contributed by atoms with Crippen molar-refractivity contribution in [1.82, 2.24) is 9.78 Å². The second-order valence-electron chi connectivity index (χ2n) is 6.92. The predicted octanol–water partition coefficient (Wildman–Crippen LogP) is 5.01. The maximum Gasteiger partial charge on any atom is 0.316 e. The second-order valence-corrected chi connectivity index (χ2v) is 6.92. The van der Waals surface area contributed by atoms with E-state index >= 15 is 0 Å². The molecule has 2 amide bonds. The highest BCUT2D eigenvalue weighted by Crippen LogP contribution is 2.28. The van der Waals surface area contributed by atoms with Gasteiger partial charge in [-0.2, -0.15) is 5.10 Å². The standard InChI is InChI=1S/C24H22N4O2/c1-16-15-23(28(27-16)21-11-9-20(10-12-21)26-24(25)29)19-5-3-17(4-6-19)18-7-13-22(30-2)14-8-18/h3-15H,1-2H3,(H3,25,26,29). The quantitative estimate of drug-likeness (QED) is 0.495. The van der Waals surface area contributed by atoms with Crippen LogP contribution in [0.4, 0.5) is 10.5 Å². The minimum atomic E-state index is -0.588. The zero-order chi connectivity index (χ0) is 21.1. The zero-order valence-corrected chi connectivity index (χ0v) is 16.8. The van der Waals surface area contributed by atoms with Crippen molar-refractivity contribution < 1.29 is 9.53 Å². The van der Waals surface area contributed by atoms with Gasteiger partial charge in [-0.1, -0.05) is 36.4 Å². The number of hydrogen-bond acceptors (Lipinski definition) is 3. The van der Waals surface area contributed by atoms with E-state index in [-0.39, 0.29) is 0 Å². The van der Waals surface area contributed by atoms with Gasteiger partial charge in [0.15, 0.2) is 0 Å². The first kappa shape index (κ1) is 19.3. The van der Waals surface area contributed by atoms with Crippen LogP contribution in [-0.2, 0) is 0 Å². The van der Waals surface area contributed by atoms with Crippen LogP contribution in [0, 0.1) is 6.92 Å². The number of amides is 2. The topological polar surface area (TPSA) is 82.2 Å². The molecule has 30 heavy (non-hydrogen) atoms. The van der Waals surface area contributed by atoms with Gasteiger partial charge >= 0.3 is 6.03 Å². The Morgan fingerprint density at radius 1 is 0.900 bits per heavy atom. The number of primary amides is 1. The molecule has 0 bridgehead atoms. The third-order valence-electron chi connectivity index (χ3n) is 4.81. The summed E-state index contributed by atoms with van der Waals surface area (Å²) in [6.45, 7) is 1.97. The number of hydrogen-bond donors (Lipinski definition) is 2. The Hall–Kier alpha value is -4.06. The molecule has 0 aliphatic heterocycles. The molecule has 0 aliphatic rings. The fourth-order valence-corrected chi connectivity index (χ4v) is 3.35. The van der Waals surface area contributed by atoms with Crippen LogP contribution in [0.5, 0.6) is 5.75 Å². The largest absolute Gasteiger partial charge is 0.497 e. The van der Waals surface area contributed by atoms with Gasteiger partial charge in [-0.3, -0.25) is 0 Å². The Kier molecular flexibility index (Phi) is 5.22. The van der Waals surface area contributed by atoms with Crippen LogP contribution < -0.4 is 15.8 Å². The van der Waals surface area contributed by atoms with Crippen LogP contribution in [-0.4, -0.2) is 22.9 Å². The number of nitrogens with zero attached hydrogens (tertiary/aromatic N) is 2. The van der Waals surface area contributed by atoms with Gasteiger partial charge in [0.25, 0.3) is 0 Å². The van der Waals surface area contributed by atoms with Crippen molar-refractivity contribution in [3.8, 4) is 33.8 Å². The van der Waals surface area contributed by atoms with E-state index in [2.05, 4.69) is 40.7 Å². The number of aryl methyl sites for hydroxylation is 1. The van der Waals surface area contributed by atoms with E-state index < -0.39 is 6.03 Å². The van der Waals surface area contributed by atoms with E-state index in [0.717, 1.165) is 39.5 Å². The first-order chi connectivity index (χ1) is 14.5. The van der Waals surface area contributed by atoms with Crippen molar-refractivity contribution in [3.63, 3.8) is 0 Å². The third kappa shape index (κ3) is 4.03. The maximum atomic E-state index is 11.0. The fraction of sp³-hybridized carbons (Fsp3) is 0.0833. The van der Waals surface area contributed by atoms with Crippen LogP contribution in [0.1, 0.15) is 5.69 Å². The van der Waals surface area contributed by atoms with Crippen LogP contribution in [0.3, 0.4) is 0 Å². The van der Waals surface area contributed by atoms with Gasteiger partial charge < -0.3 is 15.8 Å². The minimum Gasteiger partial charge on any atom is -0.497 e. The number of carbonyl (C=O) groups excluding carboxylic acids is 1. The van der Waals surface area contributed by atoms with Gasteiger partial charge in [0, 0.05) is 11.3 Å². The maximum absolute atomic E-state index is 11.0. The van der Waals surface area contributed by atoms with E-state index in [1.54, 1.807) is 19.2 Å². The lowest BCUT2D eigenvalue weighted by atomic mass is 10.0. The number of benzene rings is 3. The van der Waals surface area contributed by atoms with Gasteiger partial charge in [-0.25, -0.2) is 9.48 Å². The molecule has 0 fully saturated rings. The molecule has 0 saturated heterocycles. The predicted molar refractivity (Wildman–Crippen MR) is 119 cm³/mol. The Morgan fingerprint density at radius 2 is 1.47 bits per heavy atom. The Morgan fingerprint density at radius 3 is 2.03 bits per heavy atom. The summed E-state index contributed by atoms with van der Waals surface area (Å²) in [4.78, 5) is 11.0. The van der Waals surface area contributed by atoms with E-state index in [1.807, 2.05) is 48.0 Å². The van der Waals surface area contributed by atoms with E-state index in [9.17, 15) is 4.79 Å². The Labute approximate surface area is 174 Å². The van der Waals surface area contributed by atoms with Crippen molar-refractivity contribution >= 4 is 11.7 Å². The summed E-state index contributed by atoms with van der Waals surface area (Å²) >= 11 is 0. The molecule has 0 spiro atoms. The lowest BCUT2D eigenvalue weighted by Crippen LogP contribution is -2.19. The van der Waals surface area contributed by atoms with Gasteiger partial charge in [0.1, 0.15) is 5.75 Å². The number of methoxy groups -OCH3 is 1. The van der Waals surface area contributed by atoms with Gasteiger partial charge in [0.05, 0.1) is 24.2 Å². The highest BCUT2D eigenvalue weighted by molar-refractivity contribution is 5.87. The molecule has 0 saturated carbocycles. The summed E-state index contributed by atoms with van der Waals surface area (Å²) in [5.41, 5.74) is 11.9. The molecule has 0 radical (unpaired) electrons. The Bertz CT molecular complexity index is 1160. The molecule has 6 heteroatoms. The first-order valence-corrected chi connectivity index (χ1v) is 9.52. The molecule has 0 unspecified atom stereocenters. The molecule has 1 aromatic heterocycles. The van der Waals surface area contributed by atoms with Gasteiger partial charge in [0.2, 0.25) is 0 Å². The number of carbonyl (C=O) groups is 1. The number of anilines is 1. The highest BCUT2D eigenvalue weighted by atomic mass is 16.5. The van der Waals surface area contributed by atoms with Crippen LogP contribution in [0.15, 0.2) is 78.9 Å². The van der Waals surface area contributed by atoms with Crippen molar-refractivity contribution in [3.05, 3.63) is 84.6 Å². The average molecular weight is 398 g/mol. The number of nitrogens with two attached hydrogens (primary N) is 1. The molecule has 6 nitrogen and oxygen atoms in total. The molecule has 3 N–H and O–H groups in total. The molecule has 0 atom stereocenters. The molecular formula is C24H22N4O2. The summed E-state index contributed by atoms with van der Waals surface area (Å²) in [5.74, 6) is 0.840. The number of aromatic nitrogens is 2. The second kappa shape index (κ2) is 8.13. The summed E-state index contributed by atoms with van der Waals surface area (Å²) in [7, 11) is 1.66. The van der Waals surface area contributed by atoms with Crippen molar-refractivity contribution in [1.29, 1.82) is 0 Å². The van der Waals surface area contributed by atoms with Gasteiger partial charge in [-0.15, -0.1) is 0 Å². The van der Waals surface area contributed by atoms with Crippen LogP contribution >= 0.6 is 0 Å². The van der Waals surface area contributed by atoms with Crippen molar-refractivity contribution in [2.75, 3.05) is 12.4 Å². The molecule has 1 heterocycles. The molecular weight excluding hydrogens is 376 g/mol. The van der Waals surface area contributed by atoms with Crippen LogP contribution in [0.2, 0.25) is 0 Å². The summed E-state index contributed by atoms with van der Waals surface area (Å²) in [6, 6.07) is 25.2. The van der Waals surface area contributed by atoms with E-state index in [0.29, 0.717) is 5.69 Å². The molecule has 150 valence electrons. The minimum absolute atomic E-state index is 0.588. The smallest absolute Gasteiger partial charge is 0.316 e. The zero-order valence-electron chi connectivity index (χ0n) is 16.8. The van der Waals surface area contributed by atoms with Crippen molar-refractivity contribution in [2.24, 2.45) is 5.73 Å². The number of urea groups is 1. The monoisotopic (exact) mass is 398 g/mol. The summed E-state index contributed by atoms with van der Waals surface area (Å²) in [5, 5.41) is 7.20. The lowest BCUT2D eigenvalue weighted by Gasteiger charge is -2.10. The normalized spacial score (nSPS) is 10.6. The summed E-state index contributed by atoms with van der Waals surface area (Å²) < 4.78 is 7.12. The third-order valence-corrected chi connectivity index (χ3v) is 4.81. The lowest BCUT2D eigenvalue weighted by molar-refractivity contribution is 0.259. The average Bonchev–Trinajstić information content (AvgIpc) is 3.16.